The van der Waals surface area contributed by atoms with Crippen molar-refractivity contribution >= 4 is 22.6 Å². The van der Waals surface area contributed by atoms with Crippen LogP contribution in [-0.2, 0) is 11.2 Å². The molecule has 1 fully saturated rings. The van der Waals surface area contributed by atoms with E-state index in [0.717, 1.165) is 49.7 Å². The number of fused-ring (bicyclic) bond motifs is 1. The van der Waals surface area contributed by atoms with Crippen LogP contribution in [0.4, 0.5) is 5.82 Å². The van der Waals surface area contributed by atoms with Crippen molar-refractivity contribution in [2.24, 2.45) is 0 Å². The zero-order valence-electron chi connectivity index (χ0n) is 17.8. The summed E-state index contributed by atoms with van der Waals surface area (Å²) < 4.78 is 5.74. The molecule has 0 bridgehead atoms. The van der Waals surface area contributed by atoms with E-state index in [0.29, 0.717) is 13.0 Å². The van der Waals surface area contributed by atoms with E-state index < -0.39 is 0 Å². The zero-order valence-corrected chi connectivity index (χ0v) is 17.8. The first-order chi connectivity index (χ1) is 14.6. The van der Waals surface area contributed by atoms with E-state index in [2.05, 4.69) is 49.1 Å². The van der Waals surface area contributed by atoms with Gasteiger partial charge in [0.2, 0.25) is 5.91 Å². The number of aromatic nitrogens is 1. The Labute approximate surface area is 178 Å². The maximum atomic E-state index is 12.6. The molecule has 0 saturated carbocycles. The van der Waals surface area contributed by atoms with Gasteiger partial charge in [-0.05, 0) is 48.7 Å². The Kier molecular flexibility index (Phi) is 6.17. The molecule has 1 aliphatic heterocycles. The quantitative estimate of drug-likeness (QED) is 0.618. The van der Waals surface area contributed by atoms with Crippen LogP contribution in [0.3, 0.4) is 0 Å². The minimum atomic E-state index is 0.155. The summed E-state index contributed by atoms with van der Waals surface area (Å²) in [6, 6.07) is 18.5. The molecule has 0 spiro atoms. The molecule has 30 heavy (non-hydrogen) atoms. The fraction of sp³-hybridized carbons (Fsp3) is 0.360. The average Bonchev–Trinajstić information content (AvgIpc) is 2.79. The van der Waals surface area contributed by atoms with Gasteiger partial charge in [-0.3, -0.25) is 4.79 Å². The Morgan fingerprint density at radius 2 is 1.77 bits per heavy atom. The average molecular weight is 404 g/mol. The highest BCUT2D eigenvalue weighted by Gasteiger charge is 2.22. The Balaban J connectivity index is 1.28. The number of carbonyl (C=O) groups is 1. The molecule has 0 aliphatic carbocycles. The first kappa shape index (κ1) is 20.2. The number of hydrogen-bond acceptors (Lipinski definition) is 4. The molecule has 1 saturated heterocycles. The van der Waals surface area contributed by atoms with Crippen LogP contribution in [0.15, 0.2) is 54.6 Å². The van der Waals surface area contributed by atoms with Crippen LogP contribution >= 0.6 is 0 Å². The molecule has 0 radical (unpaired) electrons. The summed E-state index contributed by atoms with van der Waals surface area (Å²) in [5, 5.41) is 1.19. The Morgan fingerprint density at radius 1 is 1.03 bits per heavy atom. The van der Waals surface area contributed by atoms with Crippen molar-refractivity contribution in [3.05, 3.63) is 65.7 Å². The summed E-state index contributed by atoms with van der Waals surface area (Å²) >= 11 is 0. The Morgan fingerprint density at radius 3 is 2.50 bits per heavy atom. The van der Waals surface area contributed by atoms with Gasteiger partial charge in [0, 0.05) is 31.6 Å². The van der Waals surface area contributed by atoms with Gasteiger partial charge in [0.05, 0.1) is 18.5 Å². The number of carbonyl (C=O) groups excluding carboxylic acids is 1. The highest BCUT2D eigenvalue weighted by Crippen LogP contribution is 2.23. The maximum Gasteiger partial charge on any atom is 0.226 e. The van der Waals surface area contributed by atoms with E-state index in [1.807, 2.05) is 29.2 Å². The summed E-state index contributed by atoms with van der Waals surface area (Å²) in [6.45, 7) is 7.71. The number of aryl methyl sites for hydroxylation is 2. The second-order valence-corrected chi connectivity index (χ2v) is 7.78. The molecule has 156 valence electrons. The predicted octanol–water partition coefficient (Wildman–Crippen LogP) is 4.22. The van der Waals surface area contributed by atoms with E-state index >= 15 is 0 Å². The Bertz CT molecular complexity index is 1010. The SMILES string of the molecule is CCc1ccc(OCCC(=O)N2CCN(c3cc(C)c4ccccc4n3)CC2)cc1. The first-order valence-corrected chi connectivity index (χ1v) is 10.7. The van der Waals surface area contributed by atoms with Gasteiger partial charge in [0.25, 0.3) is 0 Å². The molecule has 0 atom stereocenters. The summed E-state index contributed by atoms with van der Waals surface area (Å²) in [7, 11) is 0. The molecular weight excluding hydrogens is 374 g/mol. The van der Waals surface area contributed by atoms with Crippen LogP contribution in [0.5, 0.6) is 5.75 Å². The predicted molar refractivity (Wildman–Crippen MR) is 121 cm³/mol. The highest BCUT2D eigenvalue weighted by molar-refractivity contribution is 5.84. The number of pyridine rings is 1. The molecule has 1 aliphatic rings. The molecule has 2 aromatic carbocycles. The van der Waals surface area contributed by atoms with Gasteiger partial charge in [-0.15, -0.1) is 0 Å². The highest BCUT2D eigenvalue weighted by atomic mass is 16.5. The van der Waals surface area contributed by atoms with Gasteiger partial charge in [0.1, 0.15) is 11.6 Å². The zero-order chi connectivity index (χ0) is 20.9. The van der Waals surface area contributed by atoms with Crippen LogP contribution in [0.1, 0.15) is 24.5 Å². The topological polar surface area (TPSA) is 45.7 Å². The number of piperazine rings is 1. The molecule has 5 nitrogen and oxygen atoms in total. The third-order valence-corrected chi connectivity index (χ3v) is 5.78. The smallest absolute Gasteiger partial charge is 0.226 e. The van der Waals surface area contributed by atoms with Gasteiger partial charge in [-0.25, -0.2) is 4.98 Å². The van der Waals surface area contributed by atoms with Crippen LogP contribution < -0.4 is 9.64 Å². The molecule has 2 heterocycles. The summed E-state index contributed by atoms with van der Waals surface area (Å²) in [5.74, 6) is 1.97. The number of rotatable bonds is 6. The molecular formula is C25H29N3O2. The van der Waals surface area contributed by atoms with Gasteiger partial charge in [0.15, 0.2) is 0 Å². The van der Waals surface area contributed by atoms with Crippen molar-refractivity contribution in [3.63, 3.8) is 0 Å². The van der Waals surface area contributed by atoms with Crippen molar-refractivity contribution in [1.29, 1.82) is 0 Å². The van der Waals surface area contributed by atoms with Crippen molar-refractivity contribution < 1.29 is 9.53 Å². The lowest BCUT2D eigenvalue weighted by atomic mass is 10.1. The normalized spacial score (nSPS) is 14.2. The van der Waals surface area contributed by atoms with Gasteiger partial charge in [-0.2, -0.15) is 0 Å². The molecule has 0 unspecified atom stereocenters. The summed E-state index contributed by atoms with van der Waals surface area (Å²) in [4.78, 5) is 21.6. The third kappa shape index (κ3) is 4.56. The van der Waals surface area contributed by atoms with E-state index in [9.17, 15) is 4.79 Å². The second kappa shape index (κ2) is 9.16. The lowest BCUT2D eigenvalue weighted by Gasteiger charge is -2.35. The first-order valence-electron chi connectivity index (χ1n) is 10.7. The monoisotopic (exact) mass is 403 g/mol. The molecule has 1 amide bonds. The molecule has 3 aromatic rings. The van der Waals surface area contributed by atoms with Crippen LogP contribution in [0.25, 0.3) is 10.9 Å². The third-order valence-electron chi connectivity index (χ3n) is 5.78. The number of hydrogen-bond donors (Lipinski definition) is 0. The number of ether oxygens (including phenoxy) is 1. The van der Waals surface area contributed by atoms with Crippen molar-refractivity contribution in [2.45, 2.75) is 26.7 Å². The minimum absolute atomic E-state index is 0.155. The van der Waals surface area contributed by atoms with E-state index in [1.165, 1.54) is 16.5 Å². The van der Waals surface area contributed by atoms with Crippen molar-refractivity contribution in [2.75, 3.05) is 37.7 Å². The standard InChI is InChI=1S/C25H29N3O2/c1-3-20-8-10-21(11-9-20)30-17-12-25(29)28-15-13-27(14-16-28)24-18-19(2)22-6-4-5-7-23(22)26-24/h4-11,18H,3,12-17H2,1-2H3. The van der Waals surface area contributed by atoms with Crippen LogP contribution in [-0.4, -0.2) is 48.6 Å². The van der Waals surface area contributed by atoms with Crippen molar-refractivity contribution in [3.8, 4) is 5.75 Å². The summed E-state index contributed by atoms with van der Waals surface area (Å²) in [5.41, 5.74) is 3.54. The van der Waals surface area contributed by atoms with Gasteiger partial charge >= 0.3 is 0 Å². The lowest BCUT2D eigenvalue weighted by Crippen LogP contribution is -2.49. The molecule has 5 heteroatoms. The Hall–Kier alpha value is -3.08. The fourth-order valence-corrected chi connectivity index (χ4v) is 3.91. The summed E-state index contributed by atoms with van der Waals surface area (Å²) in [6.07, 6.45) is 1.42. The molecule has 4 rings (SSSR count). The fourth-order valence-electron chi connectivity index (χ4n) is 3.91. The molecule has 1 aromatic heterocycles. The van der Waals surface area contributed by atoms with Crippen molar-refractivity contribution in [1.82, 2.24) is 9.88 Å². The molecule has 0 N–H and O–H groups in total. The van der Waals surface area contributed by atoms with Crippen LogP contribution in [0, 0.1) is 6.92 Å². The van der Waals surface area contributed by atoms with E-state index in [1.54, 1.807) is 0 Å². The number of para-hydroxylation sites is 1. The number of amides is 1. The van der Waals surface area contributed by atoms with Crippen LogP contribution in [0.2, 0.25) is 0 Å². The van der Waals surface area contributed by atoms with E-state index in [4.69, 9.17) is 9.72 Å². The largest absolute Gasteiger partial charge is 0.493 e. The lowest BCUT2D eigenvalue weighted by molar-refractivity contribution is -0.132. The maximum absolute atomic E-state index is 12.6. The number of nitrogens with zero attached hydrogens (tertiary/aromatic N) is 3. The van der Waals surface area contributed by atoms with Gasteiger partial charge in [-0.1, -0.05) is 37.3 Å². The number of benzene rings is 2. The minimum Gasteiger partial charge on any atom is -0.493 e. The second-order valence-electron chi connectivity index (χ2n) is 7.78. The van der Waals surface area contributed by atoms with E-state index in [-0.39, 0.29) is 5.91 Å². The van der Waals surface area contributed by atoms with Gasteiger partial charge < -0.3 is 14.5 Å². The number of anilines is 1.